The van der Waals surface area contributed by atoms with Crippen molar-refractivity contribution in [2.24, 2.45) is 11.8 Å². The normalized spacial score (nSPS) is 32.9. The fraction of sp³-hybridized carbons (Fsp3) is 0.647. The van der Waals surface area contributed by atoms with Crippen LogP contribution in [0.3, 0.4) is 0 Å². The lowest BCUT2D eigenvalue weighted by atomic mass is 9.79. The molecule has 1 saturated carbocycles. The van der Waals surface area contributed by atoms with Gasteiger partial charge in [-0.1, -0.05) is 31.2 Å². The number of aliphatic hydroxyl groups excluding tert-OH is 1. The van der Waals surface area contributed by atoms with Gasteiger partial charge >= 0.3 is 0 Å². The highest BCUT2D eigenvalue weighted by molar-refractivity contribution is 5.32. The molecule has 1 fully saturated rings. The summed E-state index contributed by atoms with van der Waals surface area (Å²) >= 11 is 0. The Morgan fingerprint density at radius 1 is 1.16 bits per heavy atom. The monoisotopic (exact) mass is 259 g/mol. The fourth-order valence-electron chi connectivity index (χ4n) is 4.27. The maximum atomic E-state index is 10.1. The standard InChI is InChI=1S/C17H25NO/c1-2-9-18-17(12-19)15-7-8-16(17)11-14-6-4-3-5-13(14)10-15/h3-6,15-16,18-19H,2,7-12H2,1H3. The Bertz CT molecular complexity index is 410. The van der Waals surface area contributed by atoms with E-state index >= 15 is 0 Å². The predicted molar refractivity (Wildman–Crippen MR) is 78.2 cm³/mol. The third-order valence-corrected chi connectivity index (χ3v) is 5.34. The Hall–Kier alpha value is -0.860. The van der Waals surface area contributed by atoms with E-state index < -0.39 is 0 Å². The number of hydrogen-bond acceptors (Lipinski definition) is 2. The van der Waals surface area contributed by atoms with Crippen LogP contribution in [-0.2, 0) is 12.8 Å². The van der Waals surface area contributed by atoms with Crippen molar-refractivity contribution in [3.63, 3.8) is 0 Å². The zero-order chi connectivity index (χ0) is 13.3. The molecule has 0 saturated heterocycles. The summed E-state index contributed by atoms with van der Waals surface area (Å²) in [5, 5.41) is 13.8. The molecule has 104 valence electrons. The SMILES string of the molecule is CCCNC1(CO)C2CCC1Cc1ccccc1C2. The summed E-state index contributed by atoms with van der Waals surface area (Å²) in [6.07, 6.45) is 5.91. The number of hydrogen-bond donors (Lipinski definition) is 2. The van der Waals surface area contributed by atoms with E-state index in [1.54, 1.807) is 0 Å². The number of nitrogens with one attached hydrogen (secondary N) is 1. The van der Waals surface area contributed by atoms with Crippen LogP contribution in [0.1, 0.15) is 37.3 Å². The Morgan fingerprint density at radius 2 is 1.74 bits per heavy atom. The van der Waals surface area contributed by atoms with Gasteiger partial charge in [0.1, 0.15) is 0 Å². The van der Waals surface area contributed by atoms with Gasteiger partial charge in [-0.05, 0) is 61.6 Å². The maximum absolute atomic E-state index is 10.1. The third kappa shape index (κ3) is 2.11. The number of rotatable bonds is 4. The minimum atomic E-state index is -0.0327. The van der Waals surface area contributed by atoms with Gasteiger partial charge in [-0.25, -0.2) is 0 Å². The van der Waals surface area contributed by atoms with Crippen LogP contribution >= 0.6 is 0 Å². The number of fused-ring (bicyclic) bond motifs is 3. The molecule has 2 N–H and O–H groups in total. The van der Waals surface area contributed by atoms with Crippen molar-refractivity contribution in [1.82, 2.24) is 5.32 Å². The molecule has 1 aromatic rings. The molecule has 19 heavy (non-hydrogen) atoms. The molecule has 0 radical (unpaired) electrons. The highest BCUT2D eigenvalue weighted by Gasteiger charge is 2.50. The van der Waals surface area contributed by atoms with Crippen LogP contribution in [0, 0.1) is 11.8 Å². The first-order chi connectivity index (χ1) is 9.30. The van der Waals surface area contributed by atoms with Gasteiger partial charge in [0.2, 0.25) is 0 Å². The molecule has 2 bridgehead atoms. The quantitative estimate of drug-likeness (QED) is 0.871. The zero-order valence-corrected chi connectivity index (χ0v) is 11.9. The van der Waals surface area contributed by atoms with E-state index in [-0.39, 0.29) is 12.1 Å². The summed E-state index contributed by atoms with van der Waals surface area (Å²) in [5.41, 5.74) is 2.98. The van der Waals surface area contributed by atoms with Gasteiger partial charge in [-0.2, -0.15) is 0 Å². The number of aliphatic hydroxyl groups is 1. The average molecular weight is 259 g/mol. The van der Waals surface area contributed by atoms with Crippen LogP contribution < -0.4 is 5.32 Å². The first-order valence-electron chi connectivity index (χ1n) is 7.73. The highest BCUT2D eigenvalue weighted by atomic mass is 16.3. The molecule has 1 aromatic carbocycles. The lowest BCUT2D eigenvalue weighted by Crippen LogP contribution is -2.56. The molecule has 2 aliphatic rings. The van der Waals surface area contributed by atoms with Crippen LogP contribution in [0.4, 0.5) is 0 Å². The summed E-state index contributed by atoms with van der Waals surface area (Å²) in [6.45, 7) is 3.51. The van der Waals surface area contributed by atoms with Crippen LogP contribution in [0.2, 0.25) is 0 Å². The van der Waals surface area contributed by atoms with E-state index in [1.807, 2.05) is 0 Å². The summed E-state index contributed by atoms with van der Waals surface area (Å²) in [7, 11) is 0. The smallest absolute Gasteiger partial charge is 0.0619 e. The highest BCUT2D eigenvalue weighted by Crippen LogP contribution is 2.46. The summed E-state index contributed by atoms with van der Waals surface area (Å²) < 4.78 is 0. The molecule has 0 amide bonds. The summed E-state index contributed by atoms with van der Waals surface area (Å²) in [4.78, 5) is 0. The minimum Gasteiger partial charge on any atom is -0.394 e. The van der Waals surface area contributed by atoms with Crippen LogP contribution in [-0.4, -0.2) is 23.8 Å². The minimum absolute atomic E-state index is 0.0327. The van der Waals surface area contributed by atoms with E-state index in [4.69, 9.17) is 0 Å². The molecular weight excluding hydrogens is 234 g/mol. The van der Waals surface area contributed by atoms with Gasteiger partial charge in [0, 0.05) is 5.54 Å². The second kappa shape index (κ2) is 5.26. The average Bonchev–Trinajstić information content (AvgIpc) is 2.68. The molecule has 2 nitrogen and oxygen atoms in total. The molecule has 2 unspecified atom stereocenters. The van der Waals surface area contributed by atoms with Crippen molar-refractivity contribution in [3.8, 4) is 0 Å². The fourth-order valence-corrected chi connectivity index (χ4v) is 4.27. The number of benzene rings is 1. The van der Waals surface area contributed by atoms with Crippen molar-refractivity contribution in [2.45, 2.75) is 44.6 Å². The molecule has 3 rings (SSSR count). The Labute approximate surface area is 116 Å². The lowest BCUT2D eigenvalue weighted by Gasteiger charge is -2.39. The summed E-state index contributed by atoms with van der Waals surface area (Å²) in [6, 6.07) is 8.85. The van der Waals surface area contributed by atoms with E-state index in [0.29, 0.717) is 11.8 Å². The van der Waals surface area contributed by atoms with Gasteiger partial charge in [0.05, 0.1) is 6.61 Å². The molecular formula is C17H25NO. The van der Waals surface area contributed by atoms with E-state index in [1.165, 1.54) is 24.0 Å². The molecule has 0 aromatic heterocycles. The van der Waals surface area contributed by atoms with Crippen LogP contribution in [0.5, 0.6) is 0 Å². The van der Waals surface area contributed by atoms with E-state index in [0.717, 1.165) is 25.8 Å². The third-order valence-electron chi connectivity index (χ3n) is 5.34. The van der Waals surface area contributed by atoms with Crippen molar-refractivity contribution in [3.05, 3.63) is 35.4 Å². The van der Waals surface area contributed by atoms with Gasteiger partial charge in [-0.15, -0.1) is 0 Å². The molecule has 2 heteroatoms. The van der Waals surface area contributed by atoms with Crippen molar-refractivity contribution < 1.29 is 5.11 Å². The van der Waals surface area contributed by atoms with Crippen molar-refractivity contribution in [2.75, 3.05) is 13.2 Å². The Kier molecular flexibility index (Phi) is 3.64. The van der Waals surface area contributed by atoms with E-state index in [9.17, 15) is 5.11 Å². The molecule has 2 atom stereocenters. The second-order valence-electron chi connectivity index (χ2n) is 6.27. The van der Waals surface area contributed by atoms with Gasteiger partial charge in [-0.3, -0.25) is 0 Å². The lowest BCUT2D eigenvalue weighted by molar-refractivity contribution is 0.0894. The molecule has 0 heterocycles. The van der Waals surface area contributed by atoms with Crippen LogP contribution in [0.25, 0.3) is 0 Å². The molecule has 0 spiro atoms. The van der Waals surface area contributed by atoms with Crippen molar-refractivity contribution in [1.29, 1.82) is 0 Å². The Balaban J connectivity index is 1.93. The van der Waals surface area contributed by atoms with Gasteiger partial charge < -0.3 is 10.4 Å². The summed E-state index contributed by atoms with van der Waals surface area (Å²) in [5.74, 6) is 1.19. The first kappa shape index (κ1) is 13.1. The van der Waals surface area contributed by atoms with Gasteiger partial charge in [0.15, 0.2) is 0 Å². The predicted octanol–water partition coefficient (Wildman–Crippen LogP) is 2.54. The van der Waals surface area contributed by atoms with E-state index in [2.05, 4.69) is 36.5 Å². The second-order valence-corrected chi connectivity index (χ2v) is 6.27. The largest absolute Gasteiger partial charge is 0.394 e. The molecule has 2 aliphatic carbocycles. The maximum Gasteiger partial charge on any atom is 0.0619 e. The topological polar surface area (TPSA) is 32.3 Å². The van der Waals surface area contributed by atoms with Crippen LogP contribution in [0.15, 0.2) is 24.3 Å². The zero-order valence-electron chi connectivity index (χ0n) is 11.9. The van der Waals surface area contributed by atoms with Crippen molar-refractivity contribution >= 4 is 0 Å². The molecule has 0 aliphatic heterocycles. The Morgan fingerprint density at radius 3 is 2.21 bits per heavy atom. The van der Waals surface area contributed by atoms with Gasteiger partial charge in [0.25, 0.3) is 0 Å². The first-order valence-corrected chi connectivity index (χ1v) is 7.73.